The van der Waals surface area contributed by atoms with Crippen LogP contribution in [-0.4, -0.2) is 19.1 Å². The number of benzene rings is 1. The number of anilines is 1. The summed E-state index contributed by atoms with van der Waals surface area (Å²) >= 11 is 0. The normalized spacial score (nSPS) is 16.8. The lowest BCUT2D eigenvalue weighted by Gasteiger charge is -2.29. The van der Waals surface area contributed by atoms with E-state index in [1.54, 1.807) is 13.0 Å². The fourth-order valence-corrected chi connectivity index (χ4v) is 1.36. The largest absolute Gasteiger partial charge is 0.380 e. The molecule has 0 amide bonds. The first-order chi connectivity index (χ1) is 6.25. The highest BCUT2D eigenvalue weighted by Gasteiger charge is 2.15. The molecule has 0 saturated carbocycles. The molecule has 0 unspecified atom stereocenters. The second-order valence-corrected chi connectivity index (χ2v) is 3.46. The standard InChI is InChI=1S/C10H13FN2/c1-7-4-8(2-3-10(7)11)13-9-5-12-6-9/h2-4,9,12-13H,5-6H2,1H3. The Morgan fingerprint density at radius 3 is 2.77 bits per heavy atom. The van der Waals surface area contributed by atoms with Gasteiger partial charge in [0.25, 0.3) is 0 Å². The third kappa shape index (κ3) is 1.80. The van der Waals surface area contributed by atoms with E-state index >= 15 is 0 Å². The van der Waals surface area contributed by atoms with Gasteiger partial charge in [0.2, 0.25) is 0 Å². The van der Waals surface area contributed by atoms with Gasteiger partial charge in [0.1, 0.15) is 5.82 Å². The van der Waals surface area contributed by atoms with Crippen molar-refractivity contribution < 1.29 is 4.39 Å². The third-order valence-corrected chi connectivity index (χ3v) is 2.31. The fourth-order valence-electron chi connectivity index (χ4n) is 1.36. The summed E-state index contributed by atoms with van der Waals surface area (Å²) in [7, 11) is 0. The van der Waals surface area contributed by atoms with Gasteiger partial charge in [-0.15, -0.1) is 0 Å². The van der Waals surface area contributed by atoms with Crippen molar-refractivity contribution >= 4 is 5.69 Å². The molecule has 0 aliphatic carbocycles. The van der Waals surface area contributed by atoms with Crippen LogP contribution in [0.4, 0.5) is 10.1 Å². The van der Waals surface area contributed by atoms with E-state index < -0.39 is 0 Å². The third-order valence-electron chi connectivity index (χ3n) is 2.31. The molecular formula is C10H13FN2. The van der Waals surface area contributed by atoms with Crippen LogP contribution in [0.5, 0.6) is 0 Å². The van der Waals surface area contributed by atoms with E-state index in [1.807, 2.05) is 6.07 Å². The molecule has 13 heavy (non-hydrogen) atoms. The molecular weight excluding hydrogens is 167 g/mol. The average molecular weight is 180 g/mol. The van der Waals surface area contributed by atoms with E-state index in [1.165, 1.54) is 6.07 Å². The van der Waals surface area contributed by atoms with Gasteiger partial charge in [-0.05, 0) is 30.7 Å². The maximum atomic E-state index is 12.9. The highest BCUT2D eigenvalue weighted by molar-refractivity contribution is 5.47. The van der Waals surface area contributed by atoms with Gasteiger partial charge in [-0.25, -0.2) is 4.39 Å². The average Bonchev–Trinajstić information content (AvgIpc) is 2.04. The van der Waals surface area contributed by atoms with Crippen molar-refractivity contribution in [3.63, 3.8) is 0 Å². The summed E-state index contributed by atoms with van der Waals surface area (Å²) in [6.45, 7) is 3.77. The number of hydrogen-bond acceptors (Lipinski definition) is 2. The number of rotatable bonds is 2. The Hall–Kier alpha value is -1.09. The smallest absolute Gasteiger partial charge is 0.126 e. The Bertz CT molecular complexity index is 308. The van der Waals surface area contributed by atoms with Gasteiger partial charge in [-0.3, -0.25) is 0 Å². The van der Waals surface area contributed by atoms with E-state index in [-0.39, 0.29) is 5.82 Å². The van der Waals surface area contributed by atoms with Gasteiger partial charge < -0.3 is 10.6 Å². The first-order valence-corrected chi connectivity index (χ1v) is 4.49. The van der Waals surface area contributed by atoms with E-state index in [2.05, 4.69) is 10.6 Å². The van der Waals surface area contributed by atoms with E-state index in [0.717, 1.165) is 18.8 Å². The fraction of sp³-hybridized carbons (Fsp3) is 0.400. The van der Waals surface area contributed by atoms with Crippen LogP contribution in [0.2, 0.25) is 0 Å². The van der Waals surface area contributed by atoms with Crippen molar-refractivity contribution in [3.05, 3.63) is 29.6 Å². The molecule has 0 atom stereocenters. The zero-order chi connectivity index (χ0) is 9.26. The summed E-state index contributed by atoms with van der Waals surface area (Å²) in [4.78, 5) is 0. The second kappa shape index (κ2) is 3.34. The van der Waals surface area contributed by atoms with E-state index in [4.69, 9.17) is 0 Å². The molecule has 3 heteroatoms. The molecule has 1 fully saturated rings. The zero-order valence-corrected chi connectivity index (χ0v) is 7.60. The Morgan fingerprint density at radius 1 is 1.46 bits per heavy atom. The van der Waals surface area contributed by atoms with Crippen molar-refractivity contribution in [3.8, 4) is 0 Å². The molecule has 0 spiro atoms. The summed E-state index contributed by atoms with van der Waals surface area (Å²) in [5.74, 6) is -0.141. The van der Waals surface area contributed by atoms with Crippen molar-refractivity contribution in [2.24, 2.45) is 0 Å². The maximum absolute atomic E-state index is 12.9. The van der Waals surface area contributed by atoms with Gasteiger partial charge in [0.05, 0.1) is 6.04 Å². The molecule has 0 radical (unpaired) electrons. The van der Waals surface area contributed by atoms with Crippen LogP contribution in [0.3, 0.4) is 0 Å². The van der Waals surface area contributed by atoms with Gasteiger partial charge in [0, 0.05) is 18.8 Å². The predicted octanol–water partition coefficient (Wildman–Crippen LogP) is 1.52. The number of halogens is 1. The molecule has 1 heterocycles. The summed E-state index contributed by atoms with van der Waals surface area (Å²) in [6.07, 6.45) is 0. The Morgan fingerprint density at radius 2 is 2.23 bits per heavy atom. The number of nitrogens with one attached hydrogen (secondary N) is 2. The SMILES string of the molecule is Cc1cc(NC2CNC2)ccc1F. The Labute approximate surface area is 77.2 Å². The zero-order valence-electron chi connectivity index (χ0n) is 7.60. The van der Waals surface area contributed by atoms with Crippen LogP contribution in [0.25, 0.3) is 0 Å². The molecule has 1 aromatic rings. The lowest BCUT2D eigenvalue weighted by molar-refractivity contribution is 0.472. The van der Waals surface area contributed by atoms with Crippen LogP contribution in [0.15, 0.2) is 18.2 Å². The van der Waals surface area contributed by atoms with Crippen molar-refractivity contribution in [1.29, 1.82) is 0 Å². The number of hydrogen-bond donors (Lipinski definition) is 2. The molecule has 1 aromatic carbocycles. The number of aryl methyl sites for hydroxylation is 1. The molecule has 2 N–H and O–H groups in total. The summed E-state index contributed by atoms with van der Waals surface area (Å²) < 4.78 is 12.9. The van der Waals surface area contributed by atoms with Gasteiger partial charge in [0.15, 0.2) is 0 Å². The minimum Gasteiger partial charge on any atom is -0.380 e. The second-order valence-electron chi connectivity index (χ2n) is 3.46. The summed E-state index contributed by atoms with van der Waals surface area (Å²) in [6, 6.07) is 5.63. The lowest BCUT2D eigenvalue weighted by Crippen LogP contribution is -2.51. The van der Waals surface area contributed by atoms with Gasteiger partial charge in [-0.2, -0.15) is 0 Å². The molecule has 1 aliphatic heterocycles. The highest BCUT2D eigenvalue weighted by Crippen LogP contribution is 2.15. The molecule has 2 nitrogen and oxygen atoms in total. The molecule has 0 bridgehead atoms. The minimum absolute atomic E-state index is 0.141. The lowest BCUT2D eigenvalue weighted by atomic mass is 10.1. The van der Waals surface area contributed by atoms with Crippen molar-refractivity contribution in [1.82, 2.24) is 5.32 Å². The van der Waals surface area contributed by atoms with Crippen molar-refractivity contribution in [2.75, 3.05) is 18.4 Å². The first-order valence-electron chi connectivity index (χ1n) is 4.49. The molecule has 1 aliphatic rings. The summed E-state index contributed by atoms with van der Waals surface area (Å²) in [5.41, 5.74) is 1.70. The van der Waals surface area contributed by atoms with Crippen LogP contribution in [0.1, 0.15) is 5.56 Å². The maximum Gasteiger partial charge on any atom is 0.126 e. The van der Waals surface area contributed by atoms with Crippen LogP contribution in [-0.2, 0) is 0 Å². The van der Waals surface area contributed by atoms with Gasteiger partial charge in [-0.1, -0.05) is 0 Å². The van der Waals surface area contributed by atoms with Crippen molar-refractivity contribution in [2.45, 2.75) is 13.0 Å². The summed E-state index contributed by atoms with van der Waals surface area (Å²) in [5, 5.41) is 6.49. The van der Waals surface area contributed by atoms with Crippen LogP contribution >= 0.6 is 0 Å². The highest BCUT2D eigenvalue weighted by atomic mass is 19.1. The minimum atomic E-state index is -0.141. The topological polar surface area (TPSA) is 24.1 Å². The first kappa shape index (κ1) is 8.51. The van der Waals surface area contributed by atoms with E-state index in [9.17, 15) is 4.39 Å². The molecule has 2 rings (SSSR count). The molecule has 0 aromatic heterocycles. The molecule has 70 valence electrons. The van der Waals surface area contributed by atoms with E-state index in [0.29, 0.717) is 11.6 Å². The molecule has 1 saturated heterocycles. The Kier molecular flexibility index (Phi) is 2.19. The predicted molar refractivity (Wildman–Crippen MR) is 51.4 cm³/mol. The van der Waals surface area contributed by atoms with Crippen LogP contribution < -0.4 is 10.6 Å². The van der Waals surface area contributed by atoms with Gasteiger partial charge >= 0.3 is 0 Å². The quantitative estimate of drug-likeness (QED) is 0.721. The van der Waals surface area contributed by atoms with Crippen LogP contribution in [0, 0.1) is 12.7 Å². The monoisotopic (exact) mass is 180 g/mol. The Balaban J connectivity index is 2.07.